The average Bonchev–Trinajstić information content (AvgIpc) is 2.71. The average molecular weight is 393 g/mol. The summed E-state index contributed by atoms with van der Waals surface area (Å²) in [6.45, 7) is 5.38. The number of aromatic amines is 1. The third-order valence-corrected chi connectivity index (χ3v) is 4.90. The molecule has 0 aliphatic heterocycles. The molecule has 2 N–H and O–H groups in total. The molecule has 3 aromatic rings. The van der Waals surface area contributed by atoms with Gasteiger partial charge in [-0.15, -0.1) is 0 Å². The molecule has 0 unspecified atom stereocenters. The summed E-state index contributed by atoms with van der Waals surface area (Å²) in [5.41, 5.74) is 1.79. The van der Waals surface area contributed by atoms with Crippen LogP contribution in [-0.4, -0.2) is 39.9 Å². The summed E-state index contributed by atoms with van der Waals surface area (Å²) < 4.78 is 0. The Kier molecular flexibility index (Phi) is 7.14. The number of H-pyrrole nitrogens is 1. The summed E-state index contributed by atoms with van der Waals surface area (Å²) in [5.74, 6) is 0.550. The molecule has 6 heteroatoms. The van der Waals surface area contributed by atoms with E-state index in [0.717, 1.165) is 12.8 Å². The van der Waals surface area contributed by atoms with Crippen molar-refractivity contribution >= 4 is 16.8 Å². The number of aryl methyl sites for hydroxylation is 1. The number of aromatic nitrogens is 2. The van der Waals surface area contributed by atoms with Gasteiger partial charge in [-0.25, -0.2) is 4.98 Å². The van der Waals surface area contributed by atoms with E-state index in [9.17, 15) is 9.59 Å². The number of carbonyl (C=O) groups excluding carboxylic acids is 1. The molecule has 0 aliphatic carbocycles. The van der Waals surface area contributed by atoms with Gasteiger partial charge < -0.3 is 10.3 Å². The fraction of sp³-hybridized carbons (Fsp3) is 0.348. The van der Waals surface area contributed by atoms with Gasteiger partial charge in [0.25, 0.3) is 5.56 Å². The van der Waals surface area contributed by atoms with Crippen LogP contribution < -0.4 is 10.9 Å². The van der Waals surface area contributed by atoms with Crippen molar-refractivity contribution in [3.05, 3.63) is 76.3 Å². The number of benzene rings is 2. The minimum absolute atomic E-state index is 0.0186. The highest BCUT2D eigenvalue weighted by molar-refractivity contribution is 5.78. The Bertz CT molecular complexity index is 998. The summed E-state index contributed by atoms with van der Waals surface area (Å²) in [7, 11) is 0. The smallest absolute Gasteiger partial charge is 0.258 e. The topological polar surface area (TPSA) is 78.1 Å². The van der Waals surface area contributed by atoms with Gasteiger partial charge in [-0.1, -0.05) is 42.5 Å². The minimum atomic E-state index is -0.153. The number of nitrogens with one attached hydrogen (secondary N) is 2. The zero-order valence-corrected chi connectivity index (χ0v) is 17.0. The van der Waals surface area contributed by atoms with Crippen molar-refractivity contribution in [3.8, 4) is 0 Å². The highest BCUT2D eigenvalue weighted by Gasteiger charge is 2.16. The van der Waals surface area contributed by atoms with Crippen molar-refractivity contribution in [2.75, 3.05) is 13.1 Å². The molecular formula is C23H28N4O2. The number of hydrogen-bond donors (Lipinski definition) is 2. The molecule has 0 aliphatic rings. The van der Waals surface area contributed by atoms with Crippen molar-refractivity contribution < 1.29 is 4.79 Å². The van der Waals surface area contributed by atoms with E-state index in [-0.39, 0.29) is 24.1 Å². The van der Waals surface area contributed by atoms with Gasteiger partial charge in [-0.3, -0.25) is 14.5 Å². The number of carbonyl (C=O) groups is 1. The van der Waals surface area contributed by atoms with Crippen LogP contribution in [0.4, 0.5) is 0 Å². The van der Waals surface area contributed by atoms with Crippen molar-refractivity contribution in [1.29, 1.82) is 0 Å². The Balaban J connectivity index is 1.54. The van der Waals surface area contributed by atoms with Gasteiger partial charge in [0.05, 0.1) is 24.0 Å². The molecule has 0 saturated heterocycles. The first-order chi connectivity index (χ1) is 14.0. The molecule has 6 nitrogen and oxygen atoms in total. The highest BCUT2D eigenvalue weighted by Crippen LogP contribution is 2.09. The molecule has 29 heavy (non-hydrogen) atoms. The summed E-state index contributed by atoms with van der Waals surface area (Å²) in [6.07, 6.45) is 1.84. The van der Waals surface area contributed by atoms with Crippen LogP contribution in [0.1, 0.15) is 31.7 Å². The Morgan fingerprint density at radius 1 is 1.10 bits per heavy atom. The molecule has 0 saturated carbocycles. The van der Waals surface area contributed by atoms with Crippen LogP contribution in [-0.2, 0) is 17.8 Å². The number of amides is 1. The number of para-hydroxylation sites is 1. The van der Waals surface area contributed by atoms with E-state index in [2.05, 4.69) is 27.4 Å². The van der Waals surface area contributed by atoms with Gasteiger partial charge in [-0.2, -0.15) is 0 Å². The van der Waals surface area contributed by atoms with Gasteiger partial charge >= 0.3 is 0 Å². The fourth-order valence-electron chi connectivity index (χ4n) is 3.23. The summed E-state index contributed by atoms with van der Waals surface area (Å²) >= 11 is 0. The number of fused-ring (bicyclic) bond motifs is 1. The Hall–Kier alpha value is -2.99. The third-order valence-electron chi connectivity index (χ3n) is 4.90. The van der Waals surface area contributed by atoms with Crippen molar-refractivity contribution in [3.63, 3.8) is 0 Å². The molecule has 0 spiro atoms. The zero-order chi connectivity index (χ0) is 20.6. The van der Waals surface area contributed by atoms with E-state index < -0.39 is 0 Å². The van der Waals surface area contributed by atoms with E-state index in [1.165, 1.54) is 5.56 Å². The summed E-state index contributed by atoms with van der Waals surface area (Å²) in [6, 6.07) is 17.7. The lowest BCUT2D eigenvalue weighted by molar-refractivity contribution is -0.122. The van der Waals surface area contributed by atoms with Crippen LogP contribution in [0.2, 0.25) is 0 Å². The predicted octanol–water partition coefficient (Wildman–Crippen LogP) is 2.88. The van der Waals surface area contributed by atoms with Crippen LogP contribution in [0, 0.1) is 0 Å². The third kappa shape index (κ3) is 5.99. The van der Waals surface area contributed by atoms with E-state index in [4.69, 9.17) is 0 Å². The second-order valence-electron chi connectivity index (χ2n) is 7.47. The van der Waals surface area contributed by atoms with Crippen LogP contribution >= 0.6 is 0 Å². The molecule has 3 rings (SSSR count). The van der Waals surface area contributed by atoms with E-state index in [1.807, 2.05) is 55.1 Å². The lowest BCUT2D eigenvalue weighted by Gasteiger charge is -2.25. The highest BCUT2D eigenvalue weighted by atomic mass is 16.2. The Morgan fingerprint density at radius 2 is 1.83 bits per heavy atom. The molecule has 1 heterocycles. The van der Waals surface area contributed by atoms with Crippen LogP contribution in [0.3, 0.4) is 0 Å². The lowest BCUT2D eigenvalue weighted by atomic mass is 10.1. The second kappa shape index (κ2) is 9.98. The first-order valence-corrected chi connectivity index (χ1v) is 10.1. The molecule has 0 fully saturated rings. The Morgan fingerprint density at radius 3 is 2.59 bits per heavy atom. The largest absolute Gasteiger partial charge is 0.355 e. The number of nitrogens with zero attached hydrogens (tertiary/aromatic N) is 2. The maximum atomic E-state index is 12.4. The van der Waals surface area contributed by atoms with Gasteiger partial charge in [0.15, 0.2) is 0 Å². The fourth-order valence-corrected chi connectivity index (χ4v) is 3.23. The van der Waals surface area contributed by atoms with E-state index >= 15 is 0 Å². The molecule has 0 radical (unpaired) electrons. The maximum Gasteiger partial charge on any atom is 0.258 e. The van der Waals surface area contributed by atoms with E-state index in [1.54, 1.807) is 6.07 Å². The van der Waals surface area contributed by atoms with Gasteiger partial charge in [0.1, 0.15) is 5.82 Å². The normalized spacial score (nSPS) is 11.3. The van der Waals surface area contributed by atoms with Crippen molar-refractivity contribution in [1.82, 2.24) is 20.2 Å². The van der Waals surface area contributed by atoms with Crippen LogP contribution in [0.15, 0.2) is 59.4 Å². The van der Waals surface area contributed by atoms with Gasteiger partial charge in [0.2, 0.25) is 5.91 Å². The Labute approximate surface area is 171 Å². The molecule has 0 atom stereocenters. The first-order valence-electron chi connectivity index (χ1n) is 10.1. The first kappa shape index (κ1) is 20.7. The minimum Gasteiger partial charge on any atom is -0.355 e. The summed E-state index contributed by atoms with van der Waals surface area (Å²) in [5, 5.41) is 3.56. The predicted molar refractivity (Wildman–Crippen MR) is 116 cm³/mol. The maximum absolute atomic E-state index is 12.4. The van der Waals surface area contributed by atoms with Crippen LogP contribution in [0.5, 0.6) is 0 Å². The van der Waals surface area contributed by atoms with E-state index in [0.29, 0.717) is 29.8 Å². The van der Waals surface area contributed by atoms with Gasteiger partial charge in [-0.05, 0) is 44.4 Å². The molecule has 0 bridgehead atoms. The molecule has 1 amide bonds. The number of hydrogen-bond acceptors (Lipinski definition) is 4. The SMILES string of the molecule is CC(C)N(CC(=O)NCCCc1ccccc1)Cc1nc2ccccc2c(=O)[nH]1. The standard InChI is InChI=1S/C23H28N4O2/c1-17(2)27(15-21-25-20-13-7-6-12-19(20)23(29)26-21)16-22(28)24-14-8-11-18-9-4-3-5-10-18/h3-7,9-10,12-13,17H,8,11,14-16H2,1-2H3,(H,24,28)(H,25,26,29). The van der Waals surface area contributed by atoms with Gasteiger partial charge in [0, 0.05) is 12.6 Å². The van der Waals surface area contributed by atoms with Crippen molar-refractivity contribution in [2.45, 2.75) is 39.3 Å². The monoisotopic (exact) mass is 392 g/mol. The zero-order valence-electron chi connectivity index (χ0n) is 17.0. The van der Waals surface area contributed by atoms with Crippen LogP contribution in [0.25, 0.3) is 10.9 Å². The van der Waals surface area contributed by atoms with Crippen molar-refractivity contribution in [2.24, 2.45) is 0 Å². The number of rotatable bonds is 9. The quantitative estimate of drug-likeness (QED) is 0.549. The second-order valence-corrected chi connectivity index (χ2v) is 7.47. The summed E-state index contributed by atoms with van der Waals surface area (Å²) in [4.78, 5) is 34.0. The molecule has 152 valence electrons. The molecular weight excluding hydrogens is 364 g/mol. The molecule has 1 aromatic heterocycles. The molecule has 2 aromatic carbocycles. The lowest BCUT2D eigenvalue weighted by Crippen LogP contribution is -2.41.